The zero-order chi connectivity index (χ0) is 13.7. The minimum absolute atomic E-state index is 0.0758. The lowest BCUT2D eigenvalue weighted by Gasteiger charge is -2.14. The monoisotopic (exact) mass is 262 g/mol. The Labute approximate surface area is 103 Å². The van der Waals surface area contributed by atoms with Gasteiger partial charge in [-0.2, -0.15) is 8.42 Å². The Morgan fingerprint density at radius 1 is 1.35 bits per heavy atom. The van der Waals surface area contributed by atoms with E-state index < -0.39 is 21.6 Å². The van der Waals surface area contributed by atoms with Crippen molar-refractivity contribution in [2.45, 2.75) is 33.8 Å². The van der Waals surface area contributed by atoms with Crippen LogP contribution >= 0.6 is 0 Å². The second-order valence-electron chi connectivity index (χ2n) is 4.59. The molecule has 0 saturated carbocycles. The highest BCUT2D eigenvalue weighted by Gasteiger charge is 2.22. The Balaban J connectivity index is 4.11. The van der Waals surface area contributed by atoms with Gasteiger partial charge in [0.1, 0.15) is 6.10 Å². The van der Waals surface area contributed by atoms with Crippen LogP contribution in [0.4, 0.5) is 0 Å². The first-order valence-electron chi connectivity index (χ1n) is 5.06. The molecule has 0 saturated heterocycles. The fourth-order valence-corrected chi connectivity index (χ4v) is 1.36. The molecule has 0 heterocycles. The van der Waals surface area contributed by atoms with Gasteiger partial charge in [-0.3, -0.25) is 8.98 Å². The smallest absolute Gasteiger partial charge is 0.312 e. The summed E-state index contributed by atoms with van der Waals surface area (Å²) >= 11 is 0. The highest BCUT2D eigenvalue weighted by Crippen LogP contribution is 2.14. The molecule has 0 spiro atoms. The molecule has 0 N–H and O–H groups in total. The first kappa shape index (κ1) is 15.9. The Hall–Kier alpha value is -1.06. The maximum atomic E-state index is 11.3. The lowest BCUT2D eigenvalue weighted by Crippen LogP contribution is -2.23. The third-order valence-electron chi connectivity index (χ3n) is 1.51. The van der Waals surface area contributed by atoms with E-state index in [-0.39, 0.29) is 12.6 Å². The summed E-state index contributed by atoms with van der Waals surface area (Å²) in [5.41, 5.74) is -0.573. The van der Waals surface area contributed by atoms with E-state index in [0.29, 0.717) is 0 Å². The summed E-state index contributed by atoms with van der Waals surface area (Å²) < 4.78 is 30.9. The number of rotatable bonds is 3. The van der Waals surface area contributed by atoms with Gasteiger partial charge in [0.2, 0.25) is 0 Å². The van der Waals surface area contributed by atoms with Crippen molar-refractivity contribution in [3.05, 3.63) is 0 Å². The van der Waals surface area contributed by atoms with E-state index in [9.17, 15) is 13.2 Å². The fourth-order valence-electron chi connectivity index (χ4n) is 0.790. The number of carbonyl (C=O) groups excluding carboxylic acids is 1. The van der Waals surface area contributed by atoms with Crippen molar-refractivity contribution in [2.75, 3.05) is 12.9 Å². The highest BCUT2D eigenvalue weighted by atomic mass is 32.2. The Bertz CT molecular complexity index is 419. The van der Waals surface area contributed by atoms with Crippen LogP contribution < -0.4 is 0 Å². The van der Waals surface area contributed by atoms with E-state index in [1.165, 1.54) is 6.92 Å². The molecular formula is C11H18O5S. The Morgan fingerprint density at radius 2 is 1.88 bits per heavy atom. The maximum Gasteiger partial charge on any atom is 0.312 e. The molecule has 0 rings (SSSR count). The molecule has 0 amide bonds. The topological polar surface area (TPSA) is 69.7 Å². The molecule has 0 fully saturated rings. The van der Waals surface area contributed by atoms with Crippen LogP contribution in [-0.4, -0.2) is 33.4 Å². The van der Waals surface area contributed by atoms with E-state index >= 15 is 0 Å². The van der Waals surface area contributed by atoms with Crippen molar-refractivity contribution < 1.29 is 22.1 Å². The minimum Gasteiger partial charge on any atom is -0.452 e. The van der Waals surface area contributed by atoms with Crippen molar-refractivity contribution in [1.29, 1.82) is 0 Å². The minimum atomic E-state index is -3.51. The number of ether oxygens (including phenoxy) is 1. The molecule has 0 bridgehead atoms. The summed E-state index contributed by atoms with van der Waals surface area (Å²) in [5.74, 6) is 4.69. The van der Waals surface area contributed by atoms with Gasteiger partial charge in [0.25, 0.3) is 10.1 Å². The van der Waals surface area contributed by atoms with E-state index in [0.717, 1.165) is 6.26 Å². The first-order valence-corrected chi connectivity index (χ1v) is 6.88. The fraction of sp³-hybridized carbons (Fsp3) is 0.727. The number of carbonyl (C=O) groups is 1. The summed E-state index contributed by atoms with van der Waals surface area (Å²) in [6, 6.07) is 0. The van der Waals surface area contributed by atoms with Crippen molar-refractivity contribution in [2.24, 2.45) is 5.41 Å². The molecule has 5 nitrogen and oxygen atoms in total. The largest absolute Gasteiger partial charge is 0.452 e. The van der Waals surface area contributed by atoms with Crippen molar-refractivity contribution in [3.8, 4) is 11.8 Å². The van der Waals surface area contributed by atoms with Gasteiger partial charge in [0.15, 0.2) is 6.61 Å². The Kier molecular flexibility index (Phi) is 5.66. The Morgan fingerprint density at radius 3 is 2.29 bits per heavy atom. The average Bonchev–Trinajstić information content (AvgIpc) is 2.07. The van der Waals surface area contributed by atoms with Gasteiger partial charge in [0, 0.05) is 0 Å². The highest BCUT2D eigenvalue weighted by molar-refractivity contribution is 7.86. The summed E-state index contributed by atoms with van der Waals surface area (Å²) in [7, 11) is -3.51. The summed E-state index contributed by atoms with van der Waals surface area (Å²) in [6.07, 6.45) is 0.198. The molecular weight excluding hydrogens is 244 g/mol. The number of hydrogen-bond acceptors (Lipinski definition) is 5. The van der Waals surface area contributed by atoms with Gasteiger partial charge in [-0.15, -0.1) is 0 Å². The van der Waals surface area contributed by atoms with Gasteiger partial charge < -0.3 is 4.74 Å². The third kappa shape index (κ3) is 8.72. The summed E-state index contributed by atoms with van der Waals surface area (Å²) in [6.45, 7) is 6.63. The molecule has 17 heavy (non-hydrogen) atoms. The van der Waals surface area contributed by atoms with Gasteiger partial charge in [-0.05, 0) is 27.7 Å². The molecule has 0 aromatic heterocycles. The summed E-state index contributed by atoms with van der Waals surface area (Å²) in [5, 5.41) is 0. The standard InChI is InChI=1S/C11H18O5S/c1-9(16-17(5,13)14)7-6-8-15-10(12)11(2,3)4/h9H,8H2,1-5H3/t9-/m0/s1. The maximum absolute atomic E-state index is 11.3. The van der Waals surface area contributed by atoms with Gasteiger partial charge in [0.05, 0.1) is 11.7 Å². The first-order chi connectivity index (χ1) is 7.52. The second kappa shape index (κ2) is 6.03. The third-order valence-corrected chi connectivity index (χ3v) is 2.15. The van der Waals surface area contributed by atoms with E-state index in [1.54, 1.807) is 20.8 Å². The van der Waals surface area contributed by atoms with Gasteiger partial charge in [-0.25, -0.2) is 0 Å². The molecule has 1 atom stereocenters. The zero-order valence-corrected chi connectivity index (χ0v) is 11.6. The van der Waals surface area contributed by atoms with E-state index in [1.807, 2.05) is 0 Å². The van der Waals surface area contributed by atoms with Crippen LogP contribution in [0.15, 0.2) is 0 Å². The lowest BCUT2D eigenvalue weighted by molar-refractivity contribution is -0.151. The lowest BCUT2D eigenvalue weighted by atomic mass is 9.97. The van der Waals surface area contributed by atoms with Crippen LogP contribution in [0.3, 0.4) is 0 Å². The SMILES string of the molecule is C[C@@H](C#CCOC(=O)C(C)(C)C)OS(C)(=O)=O. The predicted octanol–water partition coefficient (Wildman–Crippen LogP) is 0.944. The molecule has 0 aliphatic rings. The van der Waals surface area contributed by atoms with Crippen LogP contribution in [0.2, 0.25) is 0 Å². The van der Waals surface area contributed by atoms with Crippen LogP contribution in [0.5, 0.6) is 0 Å². The van der Waals surface area contributed by atoms with Crippen LogP contribution in [0.1, 0.15) is 27.7 Å². The number of esters is 1. The molecule has 0 aromatic rings. The normalized spacial score (nSPS) is 13.5. The average molecular weight is 262 g/mol. The predicted molar refractivity (Wildman–Crippen MR) is 63.6 cm³/mol. The molecule has 0 unspecified atom stereocenters. The molecule has 0 aromatic carbocycles. The second-order valence-corrected chi connectivity index (χ2v) is 6.19. The zero-order valence-electron chi connectivity index (χ0n) is 10.7. The van der Waals surface area contributed by atoms with Crippen LogP contribution in [0.25, 0.3) is 0 Å². The number of hydrogen-bond donors (Lipinski definition) is 0. The molecule has 0 aliphatic carbocycles. The van der Waals surface area contributed by atoms with Crippen LogP contribution in [0, 0.1) is 17.3 Å². The van der Waals surface area contributed by atoms with Crippen molar-refractivity contribution in [1.82, 2.24) is 0 Å². The van der Waals surface area contributed by atoms with Crippen molar-refractivity contribution in [3.63, 3.8) is 0 Å². The van der Waals surface area contributed by atoms with Crippen molar-refractivity contribution >= 4 is 16.1 Å². The van der Waals surface area contributed by atoms with E-state index in [2.05, 4.69) is 16.0 Å². The van der Waals surface area contributed by atoms with Gasteiger partial charge in [-0.1, -0.05) is 11.8 Å². The van der Waals surface area contributed by atoms with Gasteiger partial charge >= 0.3 is 5.97 Å². The van der Waals surface area contributed by atoms with Crippen LogP contribution in [-0.2, 0) is 23.8 Å². The molecule has 98 valence electrons. The quantitative estimate of drug-likeness (QED) is 0.430. The molecule has 0 aliphatic heterocycles. The molecule has 6 heteroatoms. The summed E-state index contributed by atoms with van der Waals surface area (Å²) in [4.78, 5) is 11.3. The van der Waals surface area contributed by atoms with E-state index in [4.69, 9.17) is 4.74 Å². The molecule has 0 radical (unpaired) electrons.